The largest absolute Gasteiger partial charge is 0.394 e. The number of nitrogens with zero attached hydrogens (tertiary/aromatic N) is 3. The van der Waals surface area contributed by atoms with Crippen molar-refractivity contribution in [2.24, 2.45) is 5.41 Å². The minimum Gasteiger partial charge on any atom is -0.394 e. The average molecular weight is 267 g/mol. The summed E-state index contributed by atoms with van der Waals surface area (Å²) < 4.78 is 1.97. The molecular formula is C14H29N5. The fourth-order valence-corrected chi connectivity index (χ4v) is 2.35. The number of nitrogen functional groups attached to an aromatic ring is 1. The van der Waals surface area contributed by atoms with Crippen molar-refractivity contribution in [2.45, 2.75) is 40.7 Å². The van der Waals surface area contributed by atoms with E-state index in [1.165, 1.54) is 0 Å². The van der Waals surface area contributed by atoms with E-state index < -0.39 is 0 Å². The Labute approximate surface area is 117 Å². The highest BCUT2D eigenvalue weighted by atomic mass is 15.4. The third-order valence-corrected chi connectivity index (χ3v) is 3.10. The third kappa shape index (κ3) is 4.13. The van der Waals surface area contributed by atoms with Crippen LogP contribution in [0.5, 0.6) is 0 Å². The molecule has 1 aromatic heterocycles. The number of anilines is 2. The van der Waals surface area contributed by atoms with Crippen LogP contribution in [0.25, 0.3) is 0 Å². The first-order chi connectivity index (χ1) is 8.64. The van der Waals surface area contributed by atoms with Crippen LogP contribution >= 0.6 is 0 Å². The molecule has 0 aromatic carbocycles. The molecule has 0 bridgehead atoms. The molecule has 0 atom stereocenters. The van der Waals surface area contributed by atoms with Gasteiger partial charge in [0.1, 0.15) is 5.82 Å². The second-order valence-corrected chi connectivity index (χ2v) is 6.64. The lowest BCUT2D eigenvalue weighted by Gasteiger charge is -2.29. The molecule has 1 aromatic rings. The second kappa shape index (κ2) is 5.82. The summed E-state index contributed by atoms with van der Waals surface area (Å²) >= 11 is 0. The first-order valence-corrected chi connectivity index (χ1v) is 6.87. The van der Waals surface area contributed by atoms with Crippen LogP contribution in [0.2, 0.25) is 0 Å². The lowest BCUT2D eigenvalue weighted by atomic mass is 9.93. The van der Waals surface area contributed by atoms with Gasteiger partial charge in [-0.2, -0.15) is 5.10 Å². The Bertz CT molecular complexity index is 418. The number of nitrogens with two attached hydrogens (primary N) is 1. The molecular weight excluding hydrogens is 238 g/mol. The summed E-state index contributed by atoms with van der Waals surface area (Å²) in [4.78, 5) is 2.20. The zero-order valence-electron chi connectivity index (χ0n) is 13.4. The third-order valence-electron chi connectivity index (χ3n) is 3.10. The van der Waals surface area contributed by atoms with Crippen LogP contribution in [0, 0.1) is 12.3 Å². The highest BCUT2D eigenvalue weighted by molar-refractivity contribution is 5.65. The molecule has 0 saturated heterocycles. The Morgan fingerprint density at radius 2 is 1.95 bits per heavy atom. The molecule has 0 radical (unpaired) electrons. The number of rotatable bonds is 6. The molecule has 0 spiro atoms. The highest BCUT2D eigenvalue weighted by Crippen LogP contribution is 2.27. The van der Waals surface area contributed by atoms with Crippen molar-refractivity contribution < 1.29 is 0 Å². The summed E-state index contributed by atoms with van der Waals surface area (Å²) in [6.07, 6.45) is 0. The maximum Gasteiger partial charge on any atom is 0.148 e. The van der Waals surface area contributed by atoms with Gasteiger partial charge in [0.25, 0.3) is 0 Å². The van der Waals surface area contributed by atoms with Crippen molar-refractivity contribution in [1.29, 1.82) is 0 Å². The van der Waals surface area contributed by atoms with E-state index in [0.29, 0.717) is 6.04 Å². The Morgan fingerprint density at radius 1 is 1.37 bits per heavy atom. The Kier molecular flexibility index (Phi) is 4.85. The van der Waals surface area contributed by atoms with Gasteiger partial charge in [-0.3, -0.25) is 0 Å². The monoisotopic (exact) mass is 267 g/mol. The summed E-state index contributed by atoms with van der Waals surface area (Å²) in [6, 6.07) is 0.301. The first kappa shape index (κ1) is 15.8. The predicted octanol–water partition coefficient (Wildman–Crippen LogP) is 2.35. The van der Waals surface area contributed by atoms with E-state index in [0.717, 1.165) is 30.3 Å². The van der Waals surface area contributed by atoms with Crippen molar-refractivity contribution in [3.05, 3.63) is 5.69 Å². The molecule has 110 valence electrons. The number of aryl methyl sites for hydroxylation is 1. The van der Waals surface area contributed by atoms with Crippen molar-refractivity contribution in [3.63, 3.8) is 0 Å². The molecule has 3 N–H and O–H groups in total. The Hall–Kier alpha value is -1.23. The van der Waals surface area contributed by atoms with Gasteiger partial charge in [0.15, 0.2) is 0 Å². The second-order valence-electron chi connectivity index (χ2n) is 6.64. The smallest absolute Gasteiger partial charge is 0.148 e. The van der Waals surface area contributed by atoms with Crippen LogP contribution in [-0.4, -0.2) is 41.9 Å². The van der Waals surface area contributed by atoms with Gasteiger partial charge in [-0.25, -0.2) is 4.68 Å². The van der Waals surface area contributed by atoms with E-state index in [1.807, 2.05) is 11.6 Å². The molecule has 0 saturated carbocycles. The highest BCUT2D eigenvalue weighted by Gasteiger charge is 2.21. The van der Waals surface area contributed by atoms with Crippen LogP contribution in [-0.2, 0) is 0 Å². The van der Waals surface area contributed by atoms with E-state index in [1.54, 1.807) is 0 Å². The average Bonchev–Trinajstić information content (AvgIpc) is 2.51. The quantitative estimate of drug-likeness (QED) is 0.830. The van der Waals surface area contributed by atoms with E-state index in [4.69, 9.17) is 5.73 Å². The van der Waals surface area contributed by atoms with Crippen LogP contribution < -0.4 is 11.1 Å². The minimum atomic E-state index is 0.177. The molecule has 1 heterocycles. The number of hydrogen-bond donors (Lipinski definition) is 2. The molecule has 5 nitrogen and oxygen atoms in total. The molecule has 0 fully saturated rings. The summed E-state index contributed by atoms with van der Waals surface area (Å²) in [5.74, 6) is 0.944. The van der Waals surface area contributed by atoms with Crippen LogP contribution in [0.4, 0.5) is 11.5 Å². The van der Waals surface area contributed by atoms with Gasteiger partial charge >= 0.3 is 0 Å². The summed E-state index contributed by atoms with van der Waals surface area (Å²) in [5.41, 5.74) is 7.94. The number of aromatic nitrogens is 2. The fourth-order valence-electron chi connectivity index (χ4n) is 2.35. The minimum absolute atomic E-state index is 0.177. The Morgan fingerprint density at radius 3 is 2.42 bits per heavy atom. The summed E-state index contributed by atoms with van der Waals surface area (Å²) in [5, 5.41) is 7.97. The van der Waals surface area contributed by atoms with Crippen molar-refractivity contribution in [2.75, 3.05) is 38.2 Å². The van der Waals surface area contributed by atoms with Gasteiger partial charge in [-0.1, -0.05) is 13.8 Å². The van der Waals surface area contributed by atoms with Gasteiger partial charge in [0.05, 0.1) is 11.4 Å². The molecule has 19 heavy (non-hydrogen) atoms. The zero-order valence-corrected chi connectivity index (χ0v) is 13.4. The molecule has 0 aliphatic heterocycles. The topological polar surface area (TPSA) is 59.1 Å². The van der Waals surface area contributed by atoms with E-state index in [9.17, 15) is 0 Å². The predicted molar refractivity (Wildman–Crippen MR) is 82.6 cm³/mol. The molecule has 0 unspecified atom stereocenters. The number of hydrogen-bond acceptors (Lipinski definition) is 4. The Balaban J connectivity index is 2.83. The number of nitrogens with one attached hydrogen (secondary N) is 1. The standard InChI is InChI=1S/C14H29N5/c1-10(2)19-13(12(15)11(3)17-19)16-8-14(4,5)9-18(6)7/h10,16H,8-9,15H2,1-7H3. The summed E-state index contributed by atoms with van der Waals surface area (Å²) in [6.45, 7) is 12.6. The van der Waals surface area contributed by atoms with Crippen molar-refractivity contribution >= 4 is 11.5 Å². The van der Waals surface area contributed by atoms with Gasteiger partial charge in [-0.05, 0) is 40.3 Å². The lowest BCUT2D eigenvalue weighted by molar-refractivity contribution is 0.253. The molecule has 1 rings (SSSR count). The fraction of sp³-hybridized carbons (Fsp3) is 0.786. The zero-order chi connectivity index (χ0) is 14.8. The summed E-state index contributed by atoms with van der Waals surface area (Å²) in [7, 11) is 4.19. The van der Waals surface area contributed by atoms with Gasteiger partial charge in [-0.15, -0.1) is 0 Å². The molecule has 5 heteroatoms. The lowest BCUT2D eigenvalue weighted by Crippen LogP contribution is -2.35. The molecule has 0 amide bonds. The molecule has 0 aliphatic carbocycles. The maximum atomic E-state index is 6.12. The van der Waals surface area contributed by atoms with Gasteiger partial charge < -0.3 is 16.0 Å². The van der Waals surface area contributed by atoms with E-state index >= 15 is 0 Å². The SMILES string of the molecule is Cc1nn(C(C)C)c(NCC(C)(C)CN(C)C)c1N. The van der Waals surface area contributed by atoms with Crippen molar-refractivity contribution in [1.82, 2.24) is 14.7 Å². The van der Waals surface area contributed by atoms with Crippen LogP contribution in [0.1, 0.15) is 39.4 Å². The van der Waals surface area contributed by atoms with Gasteiger partial charge in [0, 0.05) is 19.1 Å². The normalized spacial score (nSPS) is 12.5. The van der Waals surface area contributed by atoms with Gasteiger partial charge in [0.2, 0.25) is 0 Å². The van der Waals surface area contributed by atoms with Crippen molar-refractivity contribution in [3.8, 4) is 0 Å². The van der Waals surface area contributed by atoms with Crippen LogP contribution in [0.15, 0.2) is 0 Å². The van der Waals surface area contributed by atoms with Crippen LogP contribution in [0.3, 0.4) is 0 Å². The first-order valence-electron chi connectivity index (χ1n) is 6.87. The van der Waals surface area contributed by atoms with E-state index in [2.05, 4.69) is 57.1 Å². The maximum absolute atomic E-state index is 6.12. The molecule has 0 aliphatic rings. The van der Waals surface area contributed by atoms with E-state index in [-0.39, 0.29) is 5.41 Å².